The summed E-state index contributed by atoms with van der Waals surface area (Å²) in [4.78, 5) is 28.3. The van der Waals surface area contributed by atoms with Crippen molar-refractivity contribution in [2.24, 2.45) is 0 Å². The Kier molecular flexibility index (Phi) is 5.75. The van der Waals surface area contributed by atoms with Crippen LogP contribution in [-0.2, 0) is 16.1 Å². The number of rotatable bonds is 7. The van der Waals surface area contributed by atoms with Crippen molar-refractivity contribution in [2.45, 2.75) is 19.4 Å². The van der Waals surface area contributed by atoms with E-state index < -0.39 is 17.7 Å². The molecule has 0 radical (unpaired) electrons. The van der Waals surface area contributed by atoms with Gasteiger partial charge in [-0.3, -0.25) is 4.79 Å². The van der Waals surface area contributed by atoms with Crippen LogP contribution in [0.1, 0.15) is 18.4 Å². The van der Waals surface area contributed by atoms with Crippen LogP contribution >= 0.6 is 0 Å². The summed E-state index contributed by atoms with van der Waals surface area (Å²) >= 11 is 0. The summed E-state index contributed by atoms with van der Waals surface area (Å²) < 4.78 is 0.573. The molecule has 1 aromatic carbocycles. The molecule has 0 unspecified atom stereocenters. The van der Waals surface area contributed by atoms with Gasteiger partial charge in [0.25, 0.3) is 0 Å². The maximum Gasteiger partial charge on any atom is 0.333 e. The molecule has 3 aromatic rings. The van der Waals surface area contributed by atoms with Crippen molar-refractivity contribution in [3.05, 3.63) is 48.3 Å². The van der Waals surface area contributed by atoms with Gasteiger partial charge in [-0.05, 0) is 5.56 Å². The summed E-state index contributed by atoms with van der Waals surface area (Å²) in [6.45, 7) is 0.277. The van der Waals surface area contributed by atoms with Crippen molar-refractivity contribution in [3.63, 3.8) is 0 Å². The van der Waals surface area contributed by atoms with Gasteiger partial charge in [-0.15, -0.1) is 25.1 Å². The van der Waals surface area contributed by atoms with Crippen molar-refractivity contribution in [3.8, 4) is 23.1 Å². The SMILES string of the molecule is O=C(CCC(=O)On1c(O)ccc1O)NCc1ccc(-c2nncnn2)cc1. The number of hydrogen-bond acceptors (Lipinski definition) is 9. The molecule has 2 heterocycles. The fourth-order valence-corrected chi connectivity index (χ4v) is 2.24. The molecule has 1 amide bonds. The van der Waals surface area contributed by atoms with Gasteiger partial charge in [0.1, 0.15) is 0 Å². The minimum atomic E-state index is -0.772. The third-order valence-corrected chi connectivity index (χ3v) is 3.66. The van der Waals surface area contributed by atoms with Gasteiger partial charge in [0.15, 0.2) is 6.33 Å². The standard InChI is InChI=1S/C17H16N6O5/c24-13(5-8-16(27)28-23-14(25)6-7-15(23)26)18-9-11-1-3-12(4-2-11)17-21-19-10-20-22-17/h1-4,6-7,10,25-26H,5,8-9H2,(H,18,24). The molecule has 0 fully saturated rings. The number of hydrogen-bond donors (Lipinski definition) is 3. The highest BCUT2D eigenvalue weighted by Crippen LogP contribution is 2.19. The number of amides is 1. The van der Waals surface area contributed by atoms with Crippen LogP contribution in [-0.4, -0.2) is 47.2 Å². The highest BCUT2D eigenvalue weighted by molar-refractivity contribution is 5.81. The number of benzene rings is 1. The lowest BCUT2D eigenvalue weighted by molar-refractivity contribution is -0.146. The Morgan fingerprint density at radius 3 is 2.25 bits per heavy atom. The highest BCUT2D eigenvalue weighted by Gasteiger charge is 2.13. The van der Waals surface area contributed by atoms with Gasteiger partial charge in [0.05, 0.1) is 6.42 Å². The molecule has 28 heavy (non-hydrogen) atoms. The molecular formula is C17H16N6O5. The largest absolute Gasteiger partial charge is 0.492 e. The summed E-state index contributed by atoms with van der Waals surface area (Å²) in [6, 6.07) is 9.51. The van der Waals surface area contributed by atoms with Gasteiger partial charge in [-0.2, -0.15) is 0 Å². The number of carbonyl (C=O) groups is 2. The number of nitrogens with one attached hydrogen (secondary N) is 1. The lowest BCUT2D eigenvalue weighted by Gasteiger charge is -2.08. The molecule has 0 saturated heterocycles. The van der Waals surface area contributed by atoms with E-state index in [4.69, 9.17) is 4.84 Å². The van der Waals surface area contributed by atoms with Crippen molar-refractivity contribution < 1.29 is 24.6 Å². The predicted octanol–water partition coefficient (Wildman–Crippen LogP) is 0.198. The lowest BCUT2D eigenvalue weighted by atomic mass is 10.1. The monoisotopic (exact) mass is 384 g/mol. The average Bonchev–Trinajstić information content (AvgIpc) is 3.04. The van der Waals surface area contributed by atoms with E-state index in [0.29, 0.717) is 10.6 Å². The Labute approximate surface area is 158 Å². The molecule has 2 aromatic heterocycles. The van der Waals surface area contributed by atoms with E-state index in [-0.39, 0.29) is 25.3 Å². The second-order valence-electron chi connectivity index (χ2n) is 5.65. The van der Waals surface area contributed by atoms with Crippen LogP contribution < -0.4 is 10.2 Å². The van der Waals surface area contributed by atoms with Crippen LogP contribution in [0.15, 0.2) is 42.7 Å². The maximum atomic E-state index is 11.9. The molecule has 0 spiro atoms. The fourth-order valence-electron chi connectivity index (χ4n) is 2.24. The fraction of sp³-hybridized carbons (Fsp3) is 0.176. The zero-order valence-electron chi connectivity index (χ0n) is 14.5. The minimum Gasteiger partial charge on any atom is -0.492 e. The number of aromatic hydroxyl groups is 2. The molecular weight excluding hydrogens is 368 g/mol. The Morgan fingerprint density at radius 2 is 1.61 bits per heavy atom. The molecule has 3 N–H and O–H groups in total. The summed E-state index contributed by atoms with van der Waals surface area (Å²) in [5, 5.41) is 36.5. The van der Waals surface area contributed by atoms with Gasteiger partial charge in [0, 0.05) is 30.7 Å². The lowest BCUT2D eigenvalue weighted by Crippen LogP contribution is -2.25. The quantitative estimate of drug-likeness (QED) is 0.518. The topological polar surface area (TPSA) is 152 Å². The first kappa shape index (κ1) is 18.8. The van der Waals surface area contributed by atoms with E-state index >= 15 is 0 Å². The van der Waals surface area contributed by atoms with Crippen LogP contribution in [0.2, 0.25) is 0 Å². The highest BCUT2D eigenvalue weighted by atomic mass is 16.7. The second kappa shape index (κ2) is 8.58. The average molecular weight is 384 g/mol. The second-order valence-corrected chi connectivity index (χ2v) is 5.65. The zero-order valence-corrected chi connectivity index (χ0v) is 14.5. The minimum absolute atomic E-state index is 0.102. The molecule has 0 aliphatic heterocycles. The maximum absolute atomic E-state index is 11.9. The number of carbonyl (C=O) groups excluding carboxylic acids is 2. The molecule has 0 atom stereocenters. The molecule has 3 rings (SSSR count). The van der Waals surface area contributed by atoms with E-state index in [1.54, 1.807) is 24.3 Å². The van der Waals surface area contributed by atoms with Crippen LogP contribution in [0, 0.1) is 0 Å². The summed E-state index contributed by atoms with van der Waals surface area (Å²) in [6.07, 6.45) is 0.926. The van der Waals surface area contributed by atoms with E-state index in [0.717, 1.165) is 23.3 Å². The van der Waals surface area contributed by atoms with Crippen molar-refractivity contribution in [1.29, 1.82) is 0 Å². The first-order valence-corrected chi connectivity index (χ1v) is 8.20. The third-order valence-electron chi connectivity index (χ3n) is 3.66. The normalized spacial score (nSPS) is 10.4. The van der Waals surface area contributed by atoms with Gasteiger partial charge in [-0.25, -0.2) is 4.79 Å². The smallest absolute Gasteiger partial charge is 0.333 e. The van der Waals surface area contributed by atoms with Gasteiger partial charge in [-0.1, -0.05) is 24.3 Å². The van der Waals surface area contributed by atoms with Crippen LogP contribution in [0.3, 0.4) is 0 Å². The van der Waals surface area contributed by atoms with E-state index in [1.807, 2.05) is 0 Å². The van der Waals surface area contributed by atoms with Gasteiger partial charge >= 0.3 is 5.97 Å². The van der Waals surface area contributed by atoms with E-state index in [2.05, 4.69) is 25.7 Å². The van der Waals surface area contributed by atoms with Crippen molar-refractivity contribution in [1.82, 2.24) is 30.4 Å². The molecule has 0 aliphatic carbocycles. The summed E-state index contributed by atoms with van der Waals surface area (Å²) in [7, 11) is 0. The van der Waals surface area contributed by atoms with Crippen LogP contribution in [0.5, 0.6) is 11.8 Å². The molecule has 11 heteroatoms. The number of aromatic nitrogens is 5. The van der Waals surface area contributed by atoms with E-state index in [1.165, 1.54) is 6.33 Å². The Hall–Kier alpha value is -4.02. The molecule has 0 bridgehead atoms. The number of nitrogens with zero attached hydrogens (tertiary/aromatic N) is 5. The van der Waals surface area contributed by atoms with Crippen molar-refractivity contribution in [2.75, 3.05) is 0 Å². The first-order chi connectivity index (χ1) is 13.5. The Bertz CT molecular complexity index is 938. The van der Waals surface area contributed by atoms with E-state index in [9.17, 15) is 19.8 Å². The molecule has 0 saturated carbocycles. The zero-order chi connectivity index (χ0) is 19.9. The van der Waals surface area contributed by atoms with Crippen molar-refractivity contribution >= 4 is 11.9 Å². The Balaban J connectivity index is 1.43. The molecule has 11 nitrogen and oxygen atoms in total. The van der Waals surface area contributed by atoms with Gasteiger partial charge in [0.2, 0.25) is 23.5 Å². The van der Waals surface area contributed by atoms with Crippen LogP contribution in [0.4, 0.5) is 0 Å². The third kappa shape index (κ3) is 4.78. The predicted molar refractivity (Wildman–Crippen MR) is 93.5 cm³/mol. The Morgan fingerprint density at radius 1 is 0.964 bits per heavy atom. The molecule has 0 aliphatic rings. The van der Waals surface area contributed by atoms with Gasteiger partial charge < -0.3 is 20.4 Å². The summed E-state index contributed by atoms with van der Waals surface area (Å²) in [5.41, 5.74) is 1.59. The molecule has 144 valence electrons. The first-order valence-electron chi connectivity index (χ1n) is 8.20. The summed E-state index contributed by atoms with van der Waals surface area (Å²) in [5.74, 6) is -1.57. The van der Waals surface area contributed by atoms with Crippen LogP contribution in [0.25, 0.3) is 11.4 Å².